The number of hydrogen-bond donors (Lipinski definition) is 1. The molecule has 3 heterocycles. The predicted molar refractivity (Wildman–Crippen MR) is 138 cm³/mol. The average Bonchev–Trinajstić information content (AvgIpc) is 3.57. The van der Waals surface area contributed by atoms with E-state index >= 15 is 0 Å². The molecule has 7 heteroatoms. The molecular weight excluding hydrogens is 460 g/mol. The van der Waals surface area contributed by atoms with Gasteiger partial charge in [0.2, 0.25) is 0 Å². The highest BCUT2D eigenvalue weighted by molar-refractivity contribution is 7.15. The van der Waals surface area contributed by atoms with Crippen LogP contribution in [0.15, 0.2) is 82.8 Å². The van der Waals surface area contributed by atoms with Gasteiger partial charge >= 0.3 is 5.97 Å². The number of aryl methyl sites for hydroxylation is 1. The van der Waals surface area contributed by atoms with Gasteiger partial charge in [-0.05, 0) is 25.0 Å². The number of esters is 1. The molecule has 0 unspecified atom stereocenters. The first-order chi connectivity index (χ1) is 17.0. The van der Waals surface area contributed by atoms with Crippen molar-refractivity contribution >= 4 is 39.3 Å². The van der Waals surface area contributed by atoms with Crippen molar-refractivity contribution in [3.8, 4) is 11.1 Å². The fourth-order valence-corrected chi connectivity index (χ4v) is 5.02. The first-order valence-corrected chi connectivity index (χ1v) is 12.2. The third-order valence-corrected chi connectivity index (χ3v) is 6.69. The van der Waals surface area contributed by atoms with Crippen LogP contribution in [-0.2, 0) is 11.3 Å². The molecule has 0 saturated carbocycles. The minimum Gasteiger partial charge on any atom is -0.463 e. The summed E-state index contributed by atoms with van der Waals surface area (Å²) in [5, 5.41) is 5.28. The van der Waals surface area contributed by atoms with Gasteiger partial charge in [-0.15, -0.1) is 11.3 Å². The largest absolute Gasteiger partial charge is 0.463 e. The zero-order valence-electron chi connectivity index (χ0n) is 19.4. The van der Waals surface area contributed by atoms with Gasteiger partial charge in [0.1, 0.15) is 16.3 Å². The van der Waals surface area contributed by atoms with Crippen LogP contribution in [0.3, 0.4) is 0 Å². The Morgan fingerprint density at radius 2 is 1.83 bits per heavy atom. The summed E-state index contributed by atoms with van der Waals surface area (Å²) in [4.78, 5) is 26.4. The average molecular weight is 485 g/mol. The summed E-state index contributed by atoms with van der Waals surface area (Å²) < 4.78 is 12.8. The molecule has 2 aromatic carbocycles. The van der Waals surface area contributed by atoms with E-state index in [9.17, 15) is 9.59 Å². The molecule has 176 valence electrons. The number of fused-ring (bicyclic) bond motifs is 1. The van der Waals surface area contributed by atoms with Gasteiger partial charge in [-0.1, -0.05) is 60.2 Å². The Hall–Kier alpha value is -4.10. The number of amides is 1. The Labute approximate surface area is 206 Å². The standard InChI is InChI=1S/C28H24N2O4S/c1-3-33-28(32)25-21(20-7-5-4-6-8-20)17-35-27(25)29-26(31)23-15-24-22(13-14-34-24)30(23)16-19-11-9-18(2)10-12-19/h4-15,17H,3,16H2,1-2H3,(H,29,31). The number of carbonyl (C=O) groups is 2. The lowest BCUT2D eigenvalue weighted by atomic mass is 10.0. The van der Waals surface area contributed by atoms with Gasteiger partial charge in [0, 0.05) is 29.6 Å². The van der Waals surface area contributed by atoms with Gasteiger partial charge in [0.05, 0.1) is 18.4 Å². The van der Waals surface area contributed by atoms with E-state index in [1.807, 2.05) is 77.5 Å². The number of anilines is 1. The first-order valence-electron chi connectivity index (χ1n) is 11.3. The highest BCUT2D eigenvalue weighted by Gasteiger charge is 2.25. The van der Waals surface area contributed by atoms with Crippen LogP contribution in [0.1, 0.15) is 38.9 Å². The Balaban J connectivity index is 1.51. The summed E-state index contributed by atoms with van der Waals surface area (Å²) in [5.74, 6) is -0.790. The van der Waals surface area contributed by atoms with Crippen molar-refractivity contribution in [1.29, 1.82) is 0 Å². The Morgan fingerprint density at radius 3 is 2.57 bits per heavy atom. The highest BCUT2D eigenvalue weighted by Crippen LogP contribution is 2.36. The van der Waals surface area contributed by atoms with Gasteiger partial charge in [0.15, 0.2) is 5.58 Å². The van der Waals surface area contributed by atoms with Crippen LogP contribution in [0.2, 0.25) is 0 Å². The molecule has 1 amide bonds. The van der Waals surface area contributed by atoms with Crippen molar-refractivity contribution in [3.05, 3.63) is 101 Å². The lowest BCUT2D eigenvalue weighted by molar-refractivity contribution is 0.0529. The predicted octanol–water partition coefficient (Wildman–Crippen LogP) is 6.75. The number of thiophene rings is 1. The molecule has 6 nitrogen and oxygen atoms in total. The molecular formula is C28H24N2O4S. The molecule has 5 rings (SSSR count). The SMILES string of the molecule is CCOC(=O)c1c(-c2ccccc2)csc1NC(=O)c1cc2occc2n1Cc1ccc(C)cc1. The summed E-state index contributed by atoms with van der Waals surface area (Å²) in [7, 11) is 0. The number of furan rings is 1. The van der Waals surface area contributed by atoms with Gasteiger partial charge in [-0.2, -0.15) is 0 Å². The summed E-state index contributed by atoms with van der Waals surface area (Å²) >= 11 is 1.30. The van der Waals surface area contributed by atoms with E-state index in [0.29, 0.717) is 28.4 Å². The van der Waals surface area contributed by atoms with Gasteiger partial charge in [-0.3, -0.25) is 4.79 Å². The molecule has 0 aliphatic carbocycles. The Kier molecular flexibility index (Phi) is 6.25. The number of ether oxygens (including phenoxy) is 1. The first kappa shape index (κ1) is 22.7. The van der Waals surface area contributed by atoms with Crippen molar-refractivity contribution < 1.29 is 18.7 Å². The molecule has 0 radical (unpaired) electrons. The van der Waals surface area contributed by atoms with E-state index in [1.54, 1.807) is 19.3 Å². The zero-order chi connectivity index (χ0) is 24.4. The molecule has 0 spiro atoms. The molecule has 1 N–H and O–H groups in total. The van der Waals surface area contributed by atoms with Crippen molar-refractivity contribution in [1.82, 2.24) is 4.57 Å². The summed E-state index contributed by atoms with van der Waals surface area (Å²) in [6.07, 6.45) is 1.61. The van der Waals surface area contributed by atoms with Crippen LogP contribution in [-0.4, -0.2) is 23.1 Å². The van der Waals surface area contributed by atoms with E-state index in [0.717, 1.165) is 22.2 Å². The van der Waals surface area contributed by atoms with E-state index in [4.69, 9.17) is 9.15 Å². The third-order valence-electron chi connectivity index (χ3n) is 5.80. The smallest absolute Gasteiger partial charge is 0.341 e. The number of carbonyl (C=O) groups excluding carboxylic acids is 2. The van der Waals surface area contributed by atoms with Gasteiger partial charge in [0.25, 0.3) is 5.91 Å². The van der Waals surface area contributed by atoms with E-state index in [-0.39, 0.29) is 12.5 Å². The van der Waals surface area contributed by atoms with Crippen molar-refractivity contribution in [2.24, 2.45) is 0 Å². The summed E-state index contributed by atoms with van der Waals surface area (Å²) in [5.41, 5.74) is 6.12. The van der Waals surface area contributed by atoms with E-state index < -0.39 is 5.97 Å². The minimum atomic E-state index is -0.466. The molecule has 0 bridgehead atoms. The molecule has 0 aliphatic heterocycles. The molecule has 0 saturated heterocycles. The van der Waals surface area contributed by atoms with Crippen LogP contribution in [0.4, 0.5) is 5.00 Å². The molecule has 0 fully saturated rings. The van der Waals surface area contributed by atoms with Crippen LogP contribution < -0.4 is 5.32 Å². The molecule has 0 aliphatic rings. The van der Waals surface area contributed by atoms with Crippen molar-refractivity contribution in [2.45, 2.75) is 20.4 Å². The number of benzene rings is 2. The maximum atomic E-state index is 13.5. The zero-order valence-corrected chi connectivity index (χ0v) is 20.2. The quantitative estimate of drug-likeness (QED) is 0.259. The number of rotatable bonds is 7. The highest BCUT2D eigenvalue weighted by atomic mass is 32.1. The fraction of sp³-hybridized carbons (Fsp3) is 0.143. The third kappa shape index (κ3) is 4.50. The molecule has 5 aromatic rings. The molecule has 35 heavy (non-hydrogen) atoms. The minimum absolute atomic E-state index is 0.242. The van der Waals surface area contributed by atoms with E-state index in [2.05, 4.69) is 5.32 Å². The fourth-order valence-electron chi connectivity index (χ4n) is 4.06. The molecule has 0 atom stereocenters. The van der Waals surface area contributed by atoms with Crippen LogP contribution in [0.5, 0.6) is 0 Å². The number of hydrogen-bond acceptors (Lipinski definition) is 5. The van der Waals surface area contributed by atoms with Gasteiger partial charge in [-0.25, -0.2) is 4.79 Å². The monoisotopic (exact) mass is 484 g/mol. The van der Waals surface area contributed by atoms with E-state index in [1.165, 1.54) is 16.9 Å². The second-order valence-electron chi connectivity index (χ2n) is 8.17. The lowest BCUT2D eigenvalue weighted by Gasteiger charge is -2.12. The number of nitrogens with one attached hydrogen (secondary N) is 1. The second kappa shape index (κ2) is 9.64. The Morgan fingerprint density at radius 1 is 1.06 bits per heavy atom. The van der Waals surface area contributed by atoms with Crippen LogP contribution >= 0.6 is 11.3 Å². The second-order valence-corrected chi connectivity index (χ2v) is 9.05. The summed E-state index contributed by atoms with van der Waals surface area (Å²) in [6.45, 7) is 4.55. The maximum Gasteiger partial charge on any atom is 0.341 e. The topological polar surface area (TPSA) is 73.5 Å². The Bertz CT molecular complexity index is 1490. The lowest BCUT2D eigenvalue weighted by Crippen LogP contribution is -2.19. The summed E-state index contributed by atoms with van der Waals surface area (Å²) in [6, 6.07) is 21.4. The molecule has 3 aromatic heterocycles. The van der Waals surface area contributed by atoms with Gasteiger partial charge < -0.3 is 19.0 Å². The van der Waals surface area contributed by atoms with Crippen LogP contribution in [0, 0.1) is 6.92 Å². The van der Waals surface area contributed by atoms with Crippen molar-refractivity contribution in [2.75, 3.05) is 11.9 Å². The number of aromatic nitrogens is 1. The number of nitrogens with zero attached hydrogens (tertiary/aromatic N) is 1. The maximum absolute atomic E-state index is 13.5. The van der Waals surface area contributed by atoms with Crippen LogP contribution in [0.25, 0.3) is 22.2 Å². The normalized spacial score (nSPS) is 11.0. The van der Waals surface area contributed by atoms with Crippen molar-refractivity contribution in [3.63, 3.8) is 0 Å².